The van der Waals surface area contributed by atoms with Gasteiger partial charge in [-0.2, -0.15) is 0 Å². The second-order valence-electron chi connectivity index (χ2n) is 0.250. The quantitative estimate of drug-likeness (QED) is 0.386. The van der Waals surface area contributed by atoms with Gasteiger partial charge in [-0.3, -0.25) is 0 Å². The molecule has 0 spiro atoms. The summed E-state index contributed by atoms with van der Waals surface area (Å²) in [4.78, 5) is 8.33. The van der Waals surface area contributed by atoms with Crippen molar-refractivity contribution in [1.82, 2.24) is 0 Å². The Labute approximate surface area is 87.4 Å². The fourth-order valence-electron chi connectivity index (χ4n) is 0. The summed E-state index contributed by atoms with van der Waals surface area (Å²) in [5.41, 5.74) is 0. The van der Waals surface area contributed by atoms with Crippen LogP contribution in [-0.4, -0.2) is 73.9 Å². The van der Waals surface area contributed by atoms with Crippen molar-refractivity contribution in [3.8, 4) is 0 Å². The molecule has 6 heavy (non-hydrogen) atoms. The summed E-state index contributed by atoms with van der Waals surface area (Å²) in [6.07, 6.45) is -2.33. The van der Waals surface area contributed by atoms with Crippen molar-refractivity contribution in [2.45, 2.75) is 0 Å². The molecule has 0 aliphatic rings. The maximum absolute atomic E-state index is 8.33. The van der Waals surface area contributed by atoms with E-state index in [9.17, 15) is 0 Å². The van der Waals surface area contributed by atoms with Crippen molar-refractivity contribution >= 4 is 73.9 Å². The Morgan fingerprint density at radius 3 is 1.33 bits per heavy atom. The predicted octanol–water partition coefficient (Wildman–Crippen LogP) is -3.48. The molecular weight excluding hydrogens is 204 g/mol. The van der Waals surface area contributed by atoms with Gasteiger partial charge in [0.25, 0.3) is 0 Å². The van der Waals surface area contributed by atoms with Crippen LogP contribution in [0, 0.1) is 0 Å². The first kappa shape index (κ1) is 15.7. The van der Waals surface area contributed by atoms with E-state index in [1.54, 1.807) is 0 Å². The summed E-state index contributed by atoms with van der Waals surface area (Å²) in [6, 6.07) is 0. The van der Waals surface area contributed by atoms with Gasteiger partial charge in [0.2, 0.25) is 0 Å². The second kappa shape index (κ2) is 9.67. The molecule has 0 bridgehead atoms. The van der Waals surface area contributed by atoms with Gasteiger partial charge in [0.15, 0.2) is 0 Å². The Hall–Kier alpha value is 1.44. The molecule has 0 amide bonds. The van der Waals surface area contributed by atoms with Crippen molar-refractivity contribution in [3.05, 3.63) is 0 Å². The molecule has 0 radical (unpaired) electrons. The van der Waals surface area contributed by atoms with Crippen molar-refractivity contribution < 1.29 is 15.0 Å². The Morgan fingerprint density at radius 2 is 1.33 bits per heavy atom. The first-order valence-corrected chi connectivity index (χ1v) is 0.612. The zero-order valence-corrected chi connectivity index (χ0v) is 6.87. The molecule has 0 saturated carbocycles. The van der Waals surface area contributed by atoms with Crippen molar-refractivity contribution in [2.24, 2.45) is 0 Å². The molecule has 26 valence electrons. The van der Waals surface area contributed by atoms with Gasteiger partial charge in [-0.05, 0) is 6.16 Å². The van der Waals surface area contributed by atoms with E-state index in [2.05, 4.69) is 0 Å². The van der Waals surface area contributed by atoms with E-state index in [-0.39, 0.29) is 67.7 Å². The first-order valence-electron chi connectivity index (χ1n) is 0.612. The number of carbonyl (C=O) groups excluding carboxylic acids is 1. The average Bonchev–Trinajstić information content (AvgIpc) is 0.811. The zero-order valence-electron chi connectivity index (χ0n) is 2.43. The minimum atomic E-state index is -2.33. The Morgan fingerprint density at radius 1 is 1.33 bits per heavy atom. The topological polar surface area (TPSA) is 63.2 Å². The standard InChI is InChI=1S/CH2O3.Ba.Li.H/c2-1(3)4;;;/h(H2,2,3,4);;;/q;+2;;/p-2. The van der Waals surface area contributed by atoms with E-state index in [4.69, 9.17) is 15.0 Å². The van der Waals surface area contributed by atoms with Crippen LogP contribution in [0.5, 0.6) is 0 Å². The average molecular weight is 205 g/mol. The molecule has 0 heterocycles. The Kier molecular flexibility index (Phi) is 25.2. The monoisotopic (exact) mass is 206 g/mol. The molecule has 0 aliphatic heterocycles. The third-order valence-corrected chi connectivity index (χ3v) is 0. The third-order valence-electron chi connectivity index (χ3n) is 0. The van der Waals surface area contributed by atoms with Crippen LogP contribution < -0.4 is 10.2 Å². The first-order chi connectivity index (χ1) is 1.73. The molecule has 0 atom stereocenters. The van der Waals surface area contributed by atoms with Crippen molar-refractivity contribution in [1.29, 1.82) is 0 Å². The number of carbonyl (C=O) groups is 1. The summed E-state index contributed by atoms with van der Waals surface area (Å²) in [5, 5.41) is 16.7. The van der Waals surface area contributed by atoms with Crippen molar-refractivity contribution in [2.75, 3.05) is 0 Å². The molecule has 0 aliphatic carbocycles. The van der Waals surface area contributed by atoms with Crippen LogP contribution in [-0.2, 0) is 0 Å². The molecule has 0 fully saturated rings. The van der Waals surface area contributed by atoms with E-state index in [1.165, 1.54) is 0 Å². The van der Waals surface area contributed by atoms with Gasteiger partial charge in [-0.15, -0.1) is 0 Å². The van der Waals surface area contributed by atoms with E-state index < -0.39 is 6.16 Å². The molecule has 0 aromatic rings. The van der Waals surface area contributed by atoms with Crippen molar-refractivity contribution in [3.63, 3.8) is 0 Å². The van der Waals surface area contributed by atoms with Gasteiger partial charge in [-0.25, -0.2) is 0 Å². The van der Waals surface area contributed by atoms with Crippen LogP contribution in [0.1, 0.15) is 0 Å². The molecule has 0 saturated heterocycles. The Bertz CT molecular complexity index is 33.8. The molecule has 0 rings (SSSR count). The fourth-order valence-corrected chi connectivity index (χ4v) is 0. The van der Waals surface area contributed by atoms with Gasteiger partial charge in [0.1, 0.15) is 0 Å². The van der Waals surface area contributed by atoms with Crippen LogP contribution in [0.4, 0.5) is 4.79 Å². The summed E-state index contributed by atoms with van der Waals surface area (Å²) >= 11 is 0. The molecule has 3 nitrogen and oxygen atoms in total. The number of rotatable bonds is 0. The summed E-state index contributed by atoms with van der Waals surface area (Å²) in [5.74, 6) is 0. The molecule has 0 aromatic heterocycles. The molecule has 5 heteroatoms. The van der Waals surface area contributed by atoms with Gasteiger partial charge in [-0.1, -0.05) is 0 Å². The third kappa shape index (κ3) is 51.8. The van der Waals surface area contributed by atoms with E-state index in [0.29, 0.717) is 0 Å². The van der Waals surface area contributed by atoms with E-state index in [1.807, 2.05) is 0 Å². The van der Waals surface area contributed by atoms with Gasteiger partial charge >= 0.3 is 67.7 Å². The molecular formula is CHBaLiO3. The van der Waals surface area contributed by atoms with Gasteiger partial charge in [0, 0.05) is 0 Å². The number of hydrogen-bond acceptors (Lipinski definition) is 3. The number of hydrogen-bond donors (Lipinski definition) is 0. The van der Waals surface area contributed by atoms with Crippen LogP contribution in [0.3, 0.4) is 0 Å². The summed E-state index contributed by atoms with van der Waals surface area (Å²) in [6.45, 7) is 0. The van der Waals surface area contributed by atoms with Crippen LogP contribution in [0.2, 0.25) is 0 Å². The zero-order chi connectivity index (χ0) is 3.58. The second-order valence-corrected chi connectivity index (χ2v) is 0.250. The SMILES string of the molecule is O=C([O-])[O-].[Ba+2].[LiH]. The Balaban J connectivity index is -0.0000000450. The van der Waals surface area contributed by atoms with E-state index >= 15 is 0 Å². The molecule has 0 unspecified atom stereocenters. The molecule has 0 N–H and O–H groups in total. The van der Waals surface area contributed by atoms with Gasteiger partial charge in [0.05, 0.1) is 0 Å². The van der Waals surface area contributed by atoms with E-state index in [0.717, 1.165) is 0 Å². The fraction of sp³-hybridized carbons (Fsp3) is 0. The molecule has 0 aromatic carbocycles. The summed E-state index contributed by atoms with van der Waals surface area (Å²) in [7, 11) is 0. The van der Waals surface area contributed by atoms with Crippen LogP contribution in [0.25, 0.3) is 0 Å². The normalized spacial score (nSPS) is 4.00. The van der Waals surface area contributed by atoms with Gasteiger partial charge < -0.3 is 15.0 Å². The predicted molar refractivity (Wildman–Crippen MR) is 18.3 cm³/mol. The maximum atomic E-state index is 8.33. The van der Waals surface area contributed by atoms with Crippen LogP contribution in [0.15, 0.2) is 0 Å². The summed E-state index contributed by atoms with van der Waals surface area (Å²) < 4.78 is 0. The number of carboxylic acid groups (broad SMARTS) is 2. The van der Waals surface area contributed by atoms with Crippen LogP contribution >= 0.6 is 0 Å². The minimum absolute atomic E-state index is 0.